The summed E-state index contributed by atoms with van der Waals surface area (Å²) in [5.41, 5.74) is 7.95. The minimum absolute atomic E-state index is 0.0456. The molecule has 0 spiro atoms. The van der Waals surface area contributed by atoms with Crippen LogP contribution in [-0.4, -0.2) is 40.9 Å². The Hall–Kier alpha value is -3.10. The summed E-state index contributed by atoms with van der Waals surface area (Å²) in [7, 11) is 0. The van der Waals surface area contributed by atoms with Crippen LogP contribution in [0.15, 0.2) is 12.1 Å². The molecular weight excluding hydrogens is 364 g/mol. The second kappa shape index (κ2) is 8.73. The van der Waals surface area contributed by atoms with Crippen molar-refractivity contribution < 1.29 is 24.3 Å². The van der Waals surface area contributed by atoms with Gasteiger partial charge in [-0.25, -0.2) is 4.79 Å². The van der Waals surface area contributed by atoms with Crippen molar-refractivity contribution in [1.29, 1.82) is 0 Å². The molecule has 0 saturated carbocycles. The Labute approximate surface area is 163 Å². The Bertz CT molecular complexity index is 806. The van der Waals surface area contributed by atoms with Gasteiger partial charge in [-0.3, -0.25) is 14.4 Å². The van der Waals surface area contributed by atoms with Crippen molar-refractivity contribution in [2.45, 2.75) is 52.1 Å². The first-order valence-electron chi connectivity index (χ1n) is 9.17. The van der Waals surface area contributed by atoms with Crippen LogP contribution in [0.1, 0.15) is 49.5 Å². The number of fused-ring (bicyclic) bond motifs is 1. The Morgan fingerprint density at radius 1 is 1.07 bits per heavy atom. The number of nitrogen functional groups attached to an aromatic ring is 1. The number of carbonyl (C=O) groups is 4. The van der Waals surface area contributed by atoms with E-state index in [1.54, 1.807) is 26.0 Å². The van der Waals surface area contributed by atoms with Crippen LogP contribution in [0.4, 0.5) is 16.2 Å². The molecule has 1 aromatic carbocycles. The third-order valence-electron chi connectivity index (χ3n) is 4.69. The van der Waals surface area contributed by atoms with E-state index in [-0.39, 0.29) is 11.7 Å². The summed E-state index contributed by atoms with van der Waals surface area (Å²) in [6.45, 7) is 4.89. The first-order chi connectivity index (χ1) is 13.1. The number of hydrogen-bond acceptors (Lipinski definition) is 5. The van der Waals surface area contributed by atoms with E-state index >= 15 is 0 Å². The van der Waals surface area contributed by atoms with Crippen LogP contribution in [0.5, 0.6) is 0 Å². The molecule has 0 aliphatic heterocycles. The van der Waals surface area contributed by atoms with Gasteiger partial charge in [0.2, 0.25) is 11.8 Å². The predicted octanol–water partition coefficient (Wildman–Crippen LogP) is 1.52. The highest BCUT2D eigenvalue weighted by Gasteiger charge is 2.28. The molecule has 1 aliphatic carbocycles. The molecule has 0 fully saturated rings. The predicted molar refractivity (Wildman–Crippen MR) is 104 cm³/mol. The van der Waals surface area contributed by atoms with Gasteiger partial charge in [0, 0.05) is 23.4 Å². The van der Waals surface area contributed by atoms with Crippen molar-refractivity contribution in [3.63, 3.8) is 0 Å². The van der Waals surface area contributed by atoms with Crippen molar-refractivity contribution in [2.24, 2.45) is 5.92 Å². The van der Waals surface area contributed by atoms with E-state index < -0.39 is 30.0 Å². The van der Waals surface area contributed by atoms with Crippen LogP contribution >= 0.6 is 0 Å². The molecule has 0 aromatic heterocycles. The maximum atomic E-state index is 12.5. The maximum absolute atomic E-state index is 12.5. The van der Waals surface area contributed by atoms with E-state index in [9.17, 15) is 19.2 Å². The van der Waals surface area contributed by atoms with Gasteiger partial charge in [0.1, 0.15) is 12.1 Å². The third kappa shape index (κ3) is 4.79. The summed E-state index contributed by atoms with van der Waals surface area (Å²) in [6, 6.07) is 1.33. The quantitative estimate of drug-likeness (QED) is 0.465. The number of carbonyl (C=O) groups excluding carboxylic acids is 3. The van der Waals surface area contributed by atoms with E-state index in [1.807, 2.05) is 0 Å². The summed E-state index contributed by atoms with van der Waals surface area (Å²) >= 11 is 0. The van der Waals surface area contributed by atoms with Gasteiger partial charge < -0.3 is 26.8 Å². The van der Waals surface area contributed by atoms with E-state index in [0.29, 0.717) is 41.8 Å². The summed E-state index contributed by atoms with van der Waals surface area (Å²) in [5.74, 6) is -1.40. The molecule has 2 rings (SSSR count). The van der Waals surface area contributed by atoms with Crippen molar-refractivity contribution in [1.82, 2.24) is 10.6 Å². The van der Waals surface area contributed by atoms with Gasteiger partial charge in [-0.2, -0.15) is 0 Å². The molecule has 0 saturated heterocycles. The number of rotatable bonds is 6. The highest BCUT2D eigenvalue weighted by Crippen LogP contribution is 2.32. The van der Waals surface area contributed by atoms with Crippen LogP contribution in [0.2, 0.25) is 0 Å². The number of Topliss-reactive ketones (excluding diaryl/α,β-unsaturated/α-hetero) is 1. The average Bonchev–Trinajstić information content (AvgIpc) is 2.61. The lowest BCUT2D eigenvalue weighted by Gasteiger charge is -2.24. The Balaban J connectivity index is 2.11. The van der Waals surface area contributed by atoms with Gasteiger partial charge in [0.05, 0.1) is 0 Å². The highest BCUT2D eigenvalue weighted by molar-refractivity contribution is 6.06. The lowest BCUT2D eigenvalue weighted by Crippen LogP contribution is -2.53. The molecule has 0 radical (unpaired) electrons. The zero-order valence-electron chi connectivity index (χ0n) is 16.2. The monoisotopic (exact) mass is 390 g/mol. The van der Waals surface area contributed by atoms with Crippen molar-refractivity contribution in [2.75, 3.05) is 11.1 Å². The molecule has 3 amide bonds. The van der Waals surface area contributed by atoms with Crippen molar-refractivity contribution in [3.05, 3.63) is 23.3 Å². The lowest BCUT2D eigenvalue weighted by atomic mass is 9.88. The zero-order chi connectivity index (χ0) is 21.0. The van der Waals surface area contributed by atoms with Gasteiger partial charge in [-0.15, -0.1) is 0 Å². The van der Waals surface area contributed by atoms with Gasteiger partial charge in [0.25, 0.3) is 0 Å². The number of nitrogens with one attached hydrogen (secondary N) is 3. The van der Waals surface area contributed by atoms with Crippen LogP contribution in [-0.2, 0) is 16.0 Å². The highest BCUT2D eigenvalue weighted by atomic mass is 16.4. The van der Waals surface area contributed by atoms with Gasteiger partial charge in [0.15, 0.2) is 5.78 Å². The second-order valence-electron chi connectivity index (χ2n) is 7.22. The van der Waals surface area contributed by atoms with Gasteiger partial charge in [-0.1, -0.05) is 13.8 Å². The smallest absolute Gasteiger partial charge is 0.405 e. The number of ketones is 1. The second-order valence-corrected chi connectivity index (χ2v) is 7.22. The number of amides is 3. The van der Waals surface area contributed by atoms with Crippen molar-refractivity contribution >= 4 is 35.1 Å². The number of nitrogens with two attached hydrogens (primary N) is 1. The first-order valence-corrected chi connectivity index (χ1v) is 9.17. The minimum Gasteiger partial charge on any atom is -0.465 e. The average molecular weight is 390 g/mol. The molecule has 2 atom stereocenters. The standard InChI is InChI=1S/C19H26N4O5/c1-9(2)16(23-19(27)28)18(26)21-10(3)17(25)22-13-8-7-12(20)15-11(13)5-4-6-14(15)24/h7-10,16,23H,4-6,20H2,1-3H3,(H,21,26)(H,22,25)(H,27,28). The Morgan fingerprint density at radius 3 is 2.36 bits per heavy atom. The molecule has 6 N–H and O–H groups in total. The molecule has 2 unspecified atom stereocenters. The SMILES string of the molecule is CC(NC(=O)C(NC(=O)O)C(C)C)C(=O)Nc1ccc(N)c2c1CCCC2=O. The molecule has 9 heteroatoms. The minimum atomic E-state index is -1.32. The fourth-order valence-electron chi connectivity index (χ4n) is 3.20. The van der Waals surface area contributed by atoms with E-state index in [2.05, 4.69) is 16.0 Å². The molecule has 28 heavy (non-hydrogen) atoms. The number of carboxylic acid groups (broad SMARTS) is 1. The van der Waals surface area contributed by atoms with Crippen LogP contribution in [0.3, 0.4) is 0 Å². The molecular formula is C19H26N4O5. The molecule has 9 nitrogen and oxygen atoms in total. The Kier molecular flexibility index (Phi) is 6.61. The molecule has 0 heterocycles. The van der Waals surface area contributed by atoms with Gasteiger partial charge in [-0.05, 0) is 43.4 Å². The molecule has 1 aliphatic rings. The van der Waals surface area contributed by atoms with Crippen molar-refractivity contribution in [3.8, 4) is 0 Å². The van der Waals surface area contributed by atoms with E-state index in [0.717, 1.165) is 0 Å². The maximum Gasteiger partial charge on any atom is 0.405 e. The fourth-order valence-corrected chi connectivity index (χ4v) is 3.20. The zero-order valence-corrected chi connectivity index (χ0v) is 16.2. The van der Waals surface area contributed by atoms with Gasteiger partial charge >= 0.3 is 6.09 Å². The molecule has 0 bridgehead atoms. The Morgan fingerprint density at radius 2 is 1.75 bits per heavy atom. The fraction of sp³-hybridized carbons (Fsp3) is 0.474. The normalized spacial score (nSPS) is 15.4. The summed E-state index contributed by atoms with van der Waals surface area (Å²) in [6.07, 6.45) is 0.417. The third-order valence-corrected chi connectivity index (χ3v) is 4.69. The lowest BCUT2D eigenvalue weighted by molar-refractivity contribution is -0.128. The molecule has 152 valence electrons. The van der Waals surface area contributed by atoms with Crippen LogP contribution in [0.25, 0.3) is 0 Å². The first kappa shape index (κ1) is 21.2. The number of hydrogen-bond donors (Lipinski definition) is 5. The number of anilines is 2. The molecule has 1 aromatic rings. The topological polar surface area (TPSA) is 151 Å². The van der Waals surface area contributed by atoms with Crippen LogP contribution in [0, 0.1) is 5.92 Å². The van der Waals surface area contributed by atoms with E-state index in [4.69, 9.17) is 10.8 Å². The summed E-state index contributed by atoms with van der Waals surface area (Å²) in [5, 5.41) is 16.3. The summed E-state index contributed by atoms with van der Waals surface area (Å²) in [4.78, 5) is 47.9. The summed E-state index contributed by atoms with van der Waals surface area (Å²) < 4.78 is 0. The van der Waals surface area contributed by atoms with Crippen LogP contribution < -0.4 is 21.7 Å². The largest absolute Gasteiger partial charge is 0.465 e. The van der Waals surface area contributed by atoms with E-state index in [1.165, 1.54) is 6.92 Å². The number of benzene rings is 1.